The first-order valence-corrected chi connectivity index (χ1v) is 9.63. The quantitative estimate of drug-likeness (QED) is 0.311. The maximum absolute atomic E-state index is 12.0. The number of rotatable bonds is 6. The molecule has 2 heterocycles. The Kier molecular flexibility index (Phi) is 5.82. The zero-order valence-corrected chi connectivity index (χ0v) is 16.6. The summed E-state index contributed by atoms with van der Waals surface area (Å²) in [4.78, 5) is 32.0. The molecule has 32 heavy (non-hydrogen) atoms. The van der Waals surface area contributed by atoms with Crippen LogP contribution in [0.15, 0.2) is 76.9 Å². The molecule has 0 amide bonds. The van der Waals surface area contributed by atoms with Crippen molar-refractivity contribution in [1.29, 1.82) is 0 Å². The van der Waals surface area contributed by atoms with E-state index in [1.165, 1.54) is 0 Å². The van der Waals surface area contributed by atoms with E-state index >= 15 is 0 Å². The zero-order valence-electron chi connectivity index (χ0n) is 16.6. The van der Waals surface area contributed by atoms with Gasteiger partial charge in [0.2, 0.25) is 0 Å². The summed E-state index contributed by atoms with van der Waals surface area (Å²) in [6.45, 7) is -0.247. The van der Waals surface area contributed by atoms with Gasteiger partial charge in [0.1, 0.15) is 33.8 Å². The van der Waals surface area contributed by atoms with Crippen molar-refractivity contribution in [3.05, 3.63) is 80.5 Å². The molecule has 0 fully saturated rings. The van der Waals surface area contributed by atoms with Crippen LogP contribution >= 0.6 is 0 Å². The van der Waals surface area contributed by atoms with E-state index in [1.54, 1.807) is 48.5 Å². The van der Waals surface area contributed by atoms with Crippen LogP contribution in [0.1, 0.15) is 11.1 Å². The number of para-hydroxylation sites is 2. The van der Waals surface area contributed by atoms with Gasteiger partial charge in [-0.3, -0.25) is 9.98 Å². The van der Waals surface area contributed by atoms with Crippen LogP contribution in [0.2, 0.25) is 0 Å². The number of aromatic hydroxyl groups is 2. The monoisotopic (exact) mass is 434 g/mol. The van der Waals surface area contributed by atoms with Gasteiger partial charge in [0.25, 0.3) is 0 Å². The van der Waals surface area contributed by atoms with E-state index in [2.05, 4.69) is 9.98 Å². The number of aliphatic imine (C=N–C) groups is 2. The maximum Gasteiger partial charge on any atom is 0.348 e. The van der Waals surface area contributed by atoms with Crippen molar-refractivity contribution < 1.29 is 24.2 Å². The number of fused-ring (bicyclic) bond motifs is 2. The Bertz CT molecular complexity index is 1360. The number of aliphatic hydroxyl groups excluding tert-OH is 1. The second kappa shape index (κ2) is 8.86. The minimum Gasteiger partial charge on any atom is -0.506 e. The third-order valence-corrected chi connectivity index (χ3v) is 4.71. The molecule has 0 aliphatic heterocycles. The number of nitrogens with zero attached hydrogens (tertiary/aromatic N) is 2. The Balaban J connectivity index is 1.45. The first-order valence-electron chi connectivity index (χ1n) is 9.63. The minimum absolute atomic E-state index is 0.124. The third kappa shape index (κ3) is 4.14. The van der Waals surface area contributed by atoms with Crippen LogP contribution in [0.3, 0.4) is 0 Å². The molecule has 9 heteroatoms. The summed E-state index contributed by atoms with van der Waals surface area (Å²) in [6, 6.07) is 13.1. The van der Waals surface area contributed by atoms with Crippen molar-refractivity contribution in [1.82, 2.24) is 0 Å². The van der Waals surface area contributed by atoms with Crippen LogP contribution in [-0.4, -0.2) is 46.9 Å². The van der Waals surface area contributed by atoms with E-state index in [4.69, 9.17) is 8.83 Å². The van der Waals surface area contributed by atoms with Crippen LogP contribution in [0, 0.1) is 0 Å². The number of aliphatic hydroxyl groups is 1. The highest BCUT2D eigenvalue weighted by molar-refractivity contribution is 5.94. The summed E-state index contributed by atoms with van der Waals surface area (Å²) < 4.78 is 10.3. The summed E-state index contributed by atoms with van der Waals surface area (Å²) in [5.74, 6) is -0.516. The lowest BCUT2D eigenvalue weighted by molar-refractivity contribution is 0.192. The van der Waals surface area contributed by atoms with E-state index < -0.39 is 17.4 Å². The summed E-state index contributed by atoms with van der Waals surface area (Å²) in [5.41, 5.74) is -1.26. The van der Waals surface area contributed by atoms with E-state index in [0.29, 0.717) is 10.8 Å². The molecule has 2 aromatic heterocycles. The average Bonchev–Trinajstić information content (AvgIpc) is 2.78. The number of hydrogen-bond donors (Lipinski definition) is 3. The minimum atomic E-state index is -1.04. The highest BCUT2D eigenvalue weighted by atomic mass is 16.4. The van der Waals surface area contributed by atoms with Crippen molar-refractivity contribution in [3.63, 3.8) is 0 Å². The molecular weight excluding hydrogens is 416 g/mol. The lowest BCUT2D eigenvalue weighted by atomic mass is 10.1. The normalized spacial score (nSPS) is 12.9. The van der Waals surface area contributed by atoms with E-state index in [0.717, 1.165) is 12.4 Å². The molecule has 0 saturated carbocycles. The number of benzene rings is 2. The second-order valence-electron chi connectivity index (χ2n) is 6.94. The van der Waals surface area contributed by atoms with Crippen molar-refractivity contribution in [2.24, 2.45) is 9.98 Å². The highest BCUT2D eigenvalue weighted by Crippen LogP contribution is 2.25. The molecule has 4 rings (SSSR count). The first-order chi connectivity index (χ1) is 15.5. The second-order valence-corrected chi connectivity index (χ2v) is 6.94. The molecule has 0 bridgehead atoms. The molecule has 0 atom stereocenters. The fourth-order valence-corrected chi connectivity index (χ4v) is 3.11. The fourth-order valence-electron chi connectivity index (χ4n) is 3.11. The molecule has 162 valence electrons. The smallest absolute Gasteiger partial charge is 0.348 e. The molecule has 0 saturated heterocycles. The fraction of sp³-hybridized carbons (Fsp3) is 0.130. The third-order valence-electron chi connectivity index (χ3n) is 4.71. The molecule has 2 aromatic carbocycles. The molecular formula is C23H18N2O7. The van der Waals surface area contributed by atoms with E-state index in [-0.39, 0.29) is 46.9 Å². The van der Waals surface area contributed by atoms with Gasteiger partial charge in [-0.15, -0.1) is 0 Å². The first kappa shape index (κ1) is 21.0. The SMILES string of the molecule is O=c1oc2ccccc2c(O)c1C=NCC(O)CN=Cc1c(O)c2ccccc2oc1=O. The number of hydrogen-bond acceptors (Lipinski definition) is 9. The largest absolute Gasteiger partial charge is 0.506 e. The Labute approximate surface area is 180 Å². The van der Waals surface area contributed by atoms with Gasteiger partial charge in [-0.2, -0.15) is 0 Å². The molecule has 0 aliphatic rings. The predicted octanol–water partition coefficient (Wildman–Crippen LogP) is 2.21. The predicted molar refractivity (Wildman–Crippen MR) is 119 cm³/mol. The van der Waals surface area contributed by atoms with Gasteiger partial charge in [0.05, 0.1) is 30.0 Å². The molecule has 0 unspecified atom stereocenters. The van der Waals surface area contributed by atoms with Crippen LogP contribution in [0.5, 0.6) is 11.5 Å². The standard InChI is InChI=1S/C23H18N2O7/c26-13(9-24-11-16-20(27)14-5-1-3-7-18(14)31-22(16)29)10-25-12-17-21(28)15-6-2-4-8-19(15)32-23(17)30/h1-8,11-13,26-28H,9-10H2. The lowest BCUT2D eigenvalue weighted by Crippen LogP contribution is -2.16. The van der Waals surface area contributed by atoms with Gasteiger partial charge in [-0.05, 0) is 24.3 Å². The lowest BCUT2D eigenvalue weighted by Gasteiger charge is -2.05. The van der Waals surface area contributed by atoms with Crippen molar-refractivity contribution in [2.45, 2.75) is 6.10 Å². The summed E-state index contributed by atoms with van der Waals surface area (Å²) >= 11 is 0. The summed E-state index contributed by atoms with van der Waals surface area (Å²) in [6.07, 6.45) is 1.22. The van der Waals surface area contributed by atoms with Gasteiger partial charge in [0.15, 0.2) is 0 Å². The molecule has 3 N–H and O–H groups in total. The van der Waals surface area contributed by atoms with Crippen LogP contribution in [0.4, 0.5) is 0 Å². The van der Waals surface area contributed by atoms with E-state index in [1.807, 2.05) is 0 Å². The van der Waals surface area contributed by atoms with Crippen LogP contribution in [-0.2, 0) is 0 Å². The average molecular weight is 434 g/mol. The van der Waals surface area contributed by atoms with Crippen LogP contribution in [0.25, 0.3) is 21.9 Å². The molecule has 0 radical (unpaired) electrons. The zero-order chi connectivity index (χ0) is 22.7. The Morgan fingerprint density at radius 3 is 1.59 bits per heavy atom. The molecule has 9 nitrogen and oxygen atoms in total. The Morgan fingerprint density at radius 2 is 1.16 bits per heavy atom. The molecule has 0 spiro atoms. The summed E-state index contributed by atoms with van der Waals surface area (Å²) in [7, 11) is 0. The van der Waals surface area contributed by atoms with Crippen molar-refractivity contribution >= 4 is 34.4 Å². The molecule has 0 aliphatic carbocycles. The van der Waals surface area contributed by atoms with Gasteiger partial charge < -0.3 is 24.2 Å². The van der Waals surface area contributed by atoms with Crippen LogP contribution < -0.4 is 11.3 Å². The Hall–Kier alpha value is -4.24. The van der Waals surface area contributed by atoms with Gasteiger partial charge in [-0.1, -0.05) is 24.3 Å². The van der Waals surface area contributed by atoms with Gasteiger partial charge in [-0.25, -0.2) is 9.59 Å². The highest BCUT2D eigenvalue weighted by Gasteiger charge is 2.13. The van der Waals surface area contributed by atoms with Gasteiger partial charge in [0, 0.05) is 12.4 Å². The maximum atomic E-state index is 12.0. The summed E-state index contributed by atoms with van der Waals surface area (Å²) in [5, 5.41) is 31.4. The molecule has 4 aromatic rings. The van der Waals surface area contributed by atoms with Crippen molar-refractivity contribution in [2.75, 3.05) is 13.1 Å². The Morgan fingerprint density at radius 1 is 0.750 bits per heavy atom. The van der Waals surface area contributed by atoms with Crippen molar-refractivity contribution in [3.8, 4) is 11.5 Å². The van der Waals surface area contributed by atoms with Gasteiger partial charge >= 0.3 is 11.3 Å². The van der Waals surface area contributed by atoms with E-state index in [9.17, 15) is 24.9 Å². The topological polar surface area (TPSA) is 146 Å².